The fourth-order valence-corrected chi connectivity index (χ4v) is 10.3. The highest BCUT2D eigenvalue weighted by atomic mass is 16.3. The summed E-state index contributed by atoms with van der Waals surface area (Å²) >= 11 is 0. The lowest BCUT2D eigenvalue weighted by atomic mass is 9.86. The number of benzene rings is 9. The van der Waals surface area contributed by atoms with Gasteiger partial charge in [-0.1, -0.05) is 135 Å². The number of aromatic nitrogens is 2. The second-order valence-corrected chi connectivity index (χ2v) is 17.0. The van der Waals surface area contributed by atoms with Crippen molar-refractivity contribution >= 4 is 76.9 Å². The Morgan fingerprint density at radius 1 is 0.484 bits per heavy atom. The molecule has 0 radical (unpaired) electrons. The second-order valence-electron chi connectivity index (χ2n) is 17.0. The summed E-state index contributed by atoms with van der Waals surface area (Å²) < 4.78 is 11.3. The average Bonchev–Trinajstić information content (AvgIpc) is 4.01. The summed E-state index contributed by atoms with van der Waals surface area (Å²) in [5.41, 5.74) is 16.8. The van der Waals surface area contributed by atoms with Gasteiger partial charge in [-0.25, -0.2) is 0 Å². The van der Waals surface area contributed by atoms with Gasteiger partial charge in [0.15, 0.2) is 0 Å². The van der Waals surface area contributed by atoms with Crippen LogP contribution in [0.5, 0.6) is 0 Å². The molecule has 0 aliphatic rings. The topological polar surface area (TPSA) is 35.4 Å². The van der Waals surface area contributed by atoms with E-state index in [2.05, 4.69) is 229 Å². The molecule has 9 aromatic carbocycles. The minimum absolute atomic E-state index is 0.174. The molecule has 0 aliphatic heterocycles. The van der Waals surface area contributed by atoms with Crippen LogP contribution >= 0.6 is 0 Å². The molecule has 4 nitrogen and oxygen atoms in total. The number of hydrogen-bond acceptors (Lipinski definition) is 2. The van der Waals surface area contributed by atoms with Crippen LogP contribution in [0, 0.1) is 0 Å². The van der Waals surface area contributed by atoms with Gasteiger partial charge in [-0.15, -0.1) is 0 Å². The van der Waals surface area contributed by atoms with E-state index in [4.69, 9.17) is 9.41 Å². The van der Waals surface area contributed by atoms with Gasteiger partial charge in [0.05, 0.1) is 27.8 Å². The summed E-state index contributed by atoms with van der Waals surface area (Å²) in [5.74, 6) is 0.174. The number of aliphatic imine (C=N–C) groups is 1. The molecule has 3 heterocycles. The van der Waals surface area contributed by atoms with Crippen molar-refractivity contribution < 1.29 is 4.42 Å². The molecule has 4 heteroatoms. The Kier molecular flexibility index (Phi) is 9.12. The zero-order chi connectivity index (χ0) is 42.7. The molecule has 0 saturated carbocycles. The first kappa shape index (κ1) is 37.8. The third-order valence-electron chi connectivity index (χ3n) is 13.2. The summed E-state index contributed by atoms with van der Waals surface area (Å²) in [7, 11) is 0. The molecule has 0 spiro atoms. The summed E-state index contributed by atoms with van der Waals surface area (Å²) in [4.78, 5) is 5.49. The van der Waals surface area contributed by atoms with E-state index in [9.17, 15) is 0 Å². The van der Waals surface area contributed by atoms with Crippen molar-refractivity contribution in [3.8, 4) is 22.5 Å². The third-order valence-corrected chi connectivity index (χ3v) is 13.2. The maximum atomic E-state index is 6.55. The van der Waals surface area contributed by atoms with E-state index in [-0.39, 0.29) is 5.92 Å². The van der Waals surface area contributed by atoms with E-state index >= 15 is 0 Å². The molecule has 0 N–H and O–H groups in total. The smallest absolute Gasteiger partial charge is 0.136 e. The van der Waals surface area contributed by atoms with Crippen LogP contribution < -0.4 is 0 Å². The standard InChI is InChI=1S/C60H45N3O/c1-3-17-46(42-31-34-57-51(38-42)49-24-12-15-28-55(49)63(57)44-20-8-5-9-21-44)47-22-10-13-26-53(47)61-39(2)45-25-16-29-59-60(45)52-37-41(32-35-58(52)64-59)40-30-33-56-50(36-40)48-23-11-14-27-54(48)62(56)43-18-6-4-7-19-43/h4-16,18-38,46H,3,17H2,1-2H3/b61-39+. The highest BCUT2D eigenvalue weighted by molar-refractivity contribution is 6.19. The molecule has 12 rings (SSSR count). The van der Waals surface area contributed by atoms with Gasteiger partial charge >= 0.3 is 0 Å². The SMILES string of the molecule is CCCC(c1ccc2c(c1)c1ccccc1n2-c1ccccc1)c1ccccc1/N=C(\C)c1cccc2oc3ccc(-c4ccc5c(c4)c4ccccc4n5-c4ccccc4)cc3c12. The Hall–Kier alpha value is -7.95. The normalized spacial score (nSPS) is 12.7. The van der Waals surface area contributed by atoms with E-state index in [0.717, 1.165) is 63.0 Å². The van der Waals surface area contributed by atoms with Crippen LogP contribution in [0.3, 0.4) is 0 Å². The predicted octanol–water partition coefficient (Wildman–Crippen LogP) is 16.5. The van der Waals surface area contributed by atoms with Gasteiger partial charge in [0.25, 0.3) is 0 Å². The van der Waals surface area contributed by atoms with Crippen LogP contribution in [0.2, 0.25) is 0 Å². The Morgan fingerprint density at radius 2 is 1.05 bits per heavy atom. The van der Waals surface area contributed by atoms with E-state index < -0.39 is 0 Å². The van der Waals surface area contributed by atoms with Crippen LogP contribution in [0.1, 0.15) is 49.3 Å². The number of furan rings is 1. The van der Waals surface area contributed by atoms with Gasteiger partial charge in [-0.3, -0.25) is 4.99 Å². The predicted molar refractivity (Wildman–Crippen MR) is 269 cm³/mol. The van der Waals surface area contributed by atoms with Crippen molar-refractivity contribution in [2.75, 3.05) is 0 Å². The van der Waals surface area contributed by atoms with Gasteiger partial charge in [-0.05, 0) is 121 Å². The first-order chi connectivity index (χ1) is 31.6. The minimum atomic E-state index is 0.174. The number of rotatable bonds is 9. The van der Waals surface area contributed by atoms with Gasteiger partial charge < -0.3 is 13.6 Å². The molecule has 64 heavy (non-hydrogen) atoms. The maximum absolute atomic E-state index is 6.55. The van der Waals surface area contributed by atoms with Crippen LogP contribution in [0.4, 0.5) is 5.69 Å². The van der Waals surface area contributed by atoms with Crippen molar-refractivity contribution in [3.63, 3.8) is 0 Å². The molecule has 3 aromatic heterocycles. The van der Waals surface area contributed by atoms with E-state index in [1.54, 1.807) is 0 Å². The molecule has 0 aliphatic carbocycles. The molecule has 306 valence electrons. The first-order valence-electron chi connectivity index (χ1n) is 22.4. The van der Waals surface area contributed by atoms with Crippen molar-refractivity contribution in [3.05, 3.63) is 223 Å². The lowest BCUT2D eigenvalue weighted by Gasteiger charge is -2.20. The largest absolute Gasteiger partial charge is 0.456 e. The van der Waals surface area contributed by atoms with E-state index in [1.165, 1.54) is 66.0 Å². The maximum Gasteiger partial charge on any atom is 0.136 e. The third kappa shape index (κ3) is 6.17. The van der Waals surface area contributed by atoms with Crippen LogP contribution in [-0.4, -0.2) is 14.8 Å². The van der Waals surface area contributed by atoms with Crippen molar-refractivity contribution in [2.24, 2.45) is 4.99 Å². The molecule has 12 aromatic rings. The Morgan fingerprint density at radius 3 is 1.73 bits per heavy atom. The van der Waals surface area contributed by atoms with Crippen molar-refractivity contribution in [2.45, 2.75) is 32.6 Å². The van der Waals surface area contributed by atoms with Crippen molar-refractivity contribution in [1.29, 1.82) is 0 Å². The Balaban J connectivity index is 0.949. The van der Waals surface area contributed by atoms with E-state index in [1.807, 2.05) is 0 Å². The monoisotopic (exact) mass is 823 g/mol. The van der Waals surface area contributed by atoms with Gasteiger partial charge in [-0.2, -0.15) is 0 Å². The Bertz CT molecular complexity index is 3750. The van der Waals surface area contributed by atoms with Gasteiger partial charge in [0, 0.05) is 60.9 Å². The summed E-state index contributed by atoms with van der Waals surface area (Å²) in [5, 5.41) is 7.18. The molecular formula is C60H45N3O. The molecule has 0 fully saturated rings. The zero-order valence-corrected chi connectivity index (χ0v) is 35.9. The summed E-state index contributed by atoms with van der Waals surface area (Å²) in [6.45, 7) is 4.42. The minimum Gasteiger partial charge on any atom is -0.456 e. The lowest BCUT2D eigenvalue weighted by Crippen LogP contribution is -2.03. The molecule has 0 saturated heterocycles. The number of hydrogen-bond donors (Lipinski definition) is 0. The van der Waals surface area contributed by atoms with Crippen molar-refractivity contribution in [1.82, 2.24) is 9.13 Å². The molecule has 1 atom stereocenters. The van der Waals surface area contributed by atoms with Crippen LogP contribution in [-0.2, 0) is 0 Å². The van der Waals surface area contributed by atoms with Crippen LogP contribution in [0.25, 0.3) is 88.1 Å². The zero-order valence-electron chi connectivity index (χ0n) is 35.9. The first-order valence-corrected chi connectivity index (χ1v) is 22.4. The number of fused-ring (bicyclic) bond motifs is 9. The summed E-state index contributed by atoms with van der Waals surface area (Å²) in [6, 6.07) is 74.4. The fraction of sp³-hybridized carbons (Fsp3) is 0.0833. The molecule has 0 bridgehead atoms. The molecule has 0 amide bonds. The van der Waals surface area contributed by atoms with E-state index in [0.29, 0.717) is 0 Å². The highest BCUT2D eigenvalue weighted by Crippen LogP contribution is 2.42. The lowest BCUT2D eigenvalue weighted by molar-refractivity contribution is 0.669. The second kappa shape index (κ2) is 15.4. The molecule has 1 unspecified atom stereocenters. The average molecular weight is 824 g/mol. The number of nitrogens with zero attached hydrogens (tertiary/aromatic N) is 3. The van der Waals surface area contributed by atoms with Crippen LogP contribution in [0.15, 0.2) is 216 Å². The summed E-state index contributed by atoms with van der Waals surface area (Å²) in [6.07, 6.45) is 2.06. The fourth-order valence-electron chi connectivity index (χ4n) is 10.3. The quantitative estimate of drug-likeness (QED) is 0.134. The Labute approximate surface area is 372 Å². The number of para-hydroxylation sites is 5. The van der Waals surface area contributed by atoms with Gasteiger partial charge in [0.2, 0.25) is 0 Å². The molecular weight excluding hydrogens is 779 g/mol. The van der Waals surface area contributed by atoms with Gasteiger partial charge in [0.1, 0.15) is 11.2 Å². The highest BCUT2D eigenvalue weighted by Gasteiger charge is 2.21.